The first-order chi connectivity index (χ1) is 5.68. The molecule has 4 nitrogen and oxygen atoms in total. The van der Waals surface area contributed by atoms with E-state index in [4.69, 9.17) is 5.11 Å². The van der Waals surface area contributed by atoms with Crippen LogP contribution in [0.25, 0.3) is 0 Å². The van der Waals surface area contributed by atoms with Crippen LogP contribution in [0, 0.1) is 0 Å². The lowest BCUT2D eigenvalue weighted by Crippen LogP contribution is -2.24. The van der Waals surface area contributed by atoms with Gasteiger partial charge in [-0.15, -0.1) is 0 Å². The molecule has 1 rings (SSSR count). The van der Waals surface area contributed by atoms with E-state index in [0.29, 0.717) is 13.1 Å². The molecular weight excluding hydrogens is 154 g/mol. The van der Waals surface area contributed by atoms with Gasteiger partial charge in [-0.3, -0.25) is 4.68 Å². The lowest BCUT2D eigenvalue weighted by Gasteiger charge is -2.03. The van der Waals surface area contributed by atoms with Gasteiger partial charge in [0.15, 0.2) is 0 Å². The van der Waals surface area contributed by atoms with Gasteiger partial charge in [-0.2, -0.15) is 5.10 Å². The molecule has 1 atom stereocenters. The molecule has 1 unspecified atom stereocenters. The van der Waals surface area contributed by atoms with E-state index in [1.54, 1.807) is 11.6 Å². The van der Waals surface area contributed by atoms with Crippen molar-refractivity contribution in [3.05, 3.63) is 18.0 Å². The Bertz CT molecular complexity index is 232. The van der Waals surface area contributed by atoms with Gasteiger partial charge in [0.05, 0.1) is 11.8 Å². The average molecular weight is 169 g/mol. The maximum absolute atomic E-state index is 8.95. The quantitative estimate of drug-likeness (QED) is 0.661. The number of aliphatic hydroxyl groups is 1. The summed E-state index contributed by atoms with van der Waals surface area (Å²) in [6.45, 7) is 3.08. The van der Waals surface area contributed by atoms with Crippen molar-refractivity contribution in [2.75, 3.05) is 6.54 Å². The smallest absolute Gasteiger partial charge is 0.0762 e. The largest absolute Gasteiger partial charge is 0.392 e. The Morgan fingerprint density at radius 2 is 2.50 bits per heavy atom. The van der Waals surface area contributed by atoms with Crippen molar-refractivity contribution in [3.63, 3.8) is 0 Å². The lowest BCUT2D eigenvalue weighted by molar-refractivity contribution is 0.191. The van der Waals surface area contributed by atoms with E-state index in [0.717, 1.165) is 5.69 Å². The molecule has 0 aromatic carbocycles. The zero-order valence-corrected chi connectivity index (χ0v) is 7.49. The zero-order valence-electron chi connectivity index (χ0n) is 7.49. The number of nitrogens with one attached hydrogen (secondary N) is 1. The number of nitrogens with zero attached hydrogens (tertiary/aromatic N) is 2. The van der Waals surface area contributed by atoms with E-state index in [1.165, 1.54) is 0 Å². The first-order valence-electron chi connectivity index (χ1n) is 4.06. The van der Waals surface area contributed by atoms with Crippen LogP contribution in [0.1, 0.15) is 12.6 Å². The van der Waals surface area contributed by atoms with Crippen LogP contribution in [0.3, 0.4) is 0 Å². The summed E-state index contributed by atoms with van der Waals surface area (Å²) in [5.41, 5.74) is 0.998. The molecule has 0 fully saturated rings. The number of aliphatic hydroxyl groups excluding tert-OH is 1. The van der Waals surface area contributed by atoms with Crippen LogP contribution in [0.5, 0.6) is 0 Å². The van der Waals surface area contributed by atoms with Crippen molar-refractivity contribution >= 4 is 0 Å². The van der Waals surface area contributed by atoms with Crippen LogP contribution >= 0.6 is 0 Å². The van der Waals surface area contributed by atoms with Gasteiger partial charge in [-0.25, -0.2) is 0 Å². The summed E-state index contributed by atoms with van der Waals surface area (Å²) in [4.78, 5) is 0. The number of aryl methyl sites for hydroxylation is 1. The minimum absolute atomic E-state index is 0.297. The SMILES string of the molecule is CC(O)CNCc1ccn(C)n1. The van der Waals surface area contributed by atoms with E-state index >= 15 is 0 Å². The number of aromatic nitrogens is 2. The second-order valence-corrected chi connectivity index (χ2v) is 2.96. The monoisotopic (exact) mass is 169 g/mol. The average Bonchev–Trinajstić information content (AvgIpc) is 2.35. The standard InChI is InChI=1S/C8H15N3O/c1-7(12)5-9-6-8-3-4-11(2)10-8/h3-4,7,9,12H,5-6H2,1-2H3. The predicted octanol–water partition coefficient (Wildman–Crippen LogP) is -0.110. The van der Waals surface area contributed by atoms with Crippen LogP contribution in [-0.4, -0.2) is 27.5 Å². The second-order valence-electron chi connectivity index (χ2n) is 2.96. The van der Waals surface area contributed by atoms with Crippen molar-refractivity contribution in [2.24, 2.45) is 7.05 Å². The van der Waals surface area contributed by atoms with Crippen LogP contribution in [0.2, 0.25) is 0 Å². The minimum Gasteiger partial charge on any atom is -0.392 e. The molecule has 1 heterocycles. The van der Waals surface area contributed by atoms with Gasteiger partial charge >= 0.3 is 0 Å². The fourth-order valence-electron chi connectivity index (χ4n) is 0.967. The molecule has 0 saturated heterocycles. The van der Waals surface area contributed by atoms with Crippen molar-refractivity contribution in [1.82, 2.24) is 15.1 Å². The molecule has 68 valence electrons. The highest BCUT2D eigenvalue weighted by atomic mass is 16.3. The third-order valence-corrected chi connectivity index (χ3v) is 1.51. The van der Waals surface area contributed by atoms with Crippen molar-refractivity contribution in [1.29, 1.82) is 0 Å². The summed E-state index contributed by atoms with van der Waals surface area (Å²) in [5, 5.41) is 16.2. The Labute approximate surface area is 72.2 Å². The Kier molecular flexibility index (Phi) is 3.25. The van der Waals surface area contributed by atoms with Crippen LogP contribution in [-0.2, 0) is 13.6 Å². The van der Waals surface area contributed by atoms with E-state index in [-0.39, 0.29) is 6.10 Å². The third-order valence-electron chi connectivity index (χ3n) is 1.51. The molecule has 0 saturated carbocycles. The van der Waals surface area contributed by atoms with E-state index in [1.807, 2.05) is 19.3 Å². The van der Waals surface area contributed by atoms with E-state index in [2.05, 4.69) is 10.4 Å². The molecule has 0 spiro atoms. The van der Waals surface area contributed by atoms with Gasteiger partial charge in [-0.05, 0) is 13.0 Å². The maximum Gasteiger partial charge on any atom is 0.0762 e. The van der Waals surface area contributed by atoms with Gasteiger partial charge in [0.2, 0.25) is 0 Å². The second kappa shape index (κ2) is 4.23. The van der Waals surface area contributed by atoms with E-state index in [9.17, 15) is 0 Å². The first kappa shape index (κ1) is 9.22. The normalized spacial score (nSPS) is 13.2. The summed E-state index contributed by atoms with van der Waals surface area (Å²) in [6.07, 6.45) is 1.60. The van der Waals surface area contributed by atoms with Crippen LogP contribution in [0.4, 0.5) is 0 Å². The molecule has 2 N–H and O–H groups in total. The van der Waals surface area contributed by atoms with Gasteiger partial charge in [-0.1, -0.05) is 0 Å². The van der Waals surface area contributed by atoms with Crippen LogP contribution < -0.4 is 5.32 Å². The summed E-state index contributed by atoms with van der Waals surface area (Å²) in [6, 6.07) is 1.95. The molecular formula is C8H15N3O. The Morgan fingerprint density at radius 1 is 1.75 bits per heavy atom. The maximum atomic E-state index is 8.95. The predicted molar refractivity (Wildman–Crippen MR) is 46.6 cm³/mol. The molecule has 0 aliphatic carbocycles. The number of hydrogen-bond donors (Lipinski definition) is 2. The Balaban J connectivity index is 2.24. The molecule has 0 radical (unpaired) electrons. The highest BCUT2D eigenvalue weighted by Crippen LogP contribution is 1.92. The Hall–Kier alpha value is -0.870. The fraction of sp³-hybridized carbons (Fsp3) is 0.625. The molecule has 0 aliphatic rings. The van der Waals surface area contributed by atoms with Crippen molar-refractivity contribution in [3.8, 4) is 0 Å². The van der Waals surface area contributed by atoms with E-state index < -0.39 is 0 Å². The molecule has 0 amide bonds. The van der Waals surface area contributed by atoms with Gasteiger partial charge < -0.3 is 10.4 Å². The molecule has 1 aromatic heterocycles. The van der Waals surface area contributed by atoms with Crippen LogP contribution in [0.15, 0.2) is 12.3 Å². The zero-order chi connectivity index (χ0) is 8.97. The van der Waals surface area contributed by atoms with Crippen molar-refractivity contribution in [2.45, 2.75) is 19.6 Å². The molecule has 4 heteroatoms. The lowest BCUT2D eigenvalue weighted by atomic mass is 10.4. The fourth-order valence-corrected chi connectivity index (χ4v) is 0.967. The molecule has 0 bridgehead atoms. The minimum atomic E-state index is -0.297. The first-order valence-corrected chi connectivity index (χ1v) is 4.06. The van der Waals surface area contributed by atoms with Gasteiger partial charge in [0.1, 0.15) is 0 Å². The number of rotatable bonds is 4. The van der Waals surface area contributed by atoms with Gasteiger partial charge in [0, 0.05) is 26.3 Å². The number of hydrogen-bond acceptors (Lipinski definition) is 3. The summed E-state index contributed by atoms with van der Waals surface area (Å²) < 4.78 is 1.76. The summed E-state index contributed by atoms with van der Waals surface area (Å²) in [5.74, 6) is 0. The topological polar surface area (TPSA) is 50.1 Å². The summed E-state index contributed by atoms with van der Waals surface area (Å²) >= 11 is 0. The molecule has 1 aromatic rings. The summed E-state index contributed by atoms with van der Waals surface area (Å²) in [7, 11) is 1.89. The molecule has 0 aliphatic heterocycles. The highest BCUT2D eigenvalue weighted by Gasteiger charge is 1.97. The molecule has 12 heavy (non-hydrogen) atoms. The third kappa shape index (κ3) is 3.02. The Morgan fingerprint density at radius 3 is 3.00 bits per heavy atom. The van der Waals surface area contributed by atoms with Crippen molar-refractivity contribution < 1.29 is 5.11 Å². The van der Waals surface area contributed by atoms with Gasteiger partial charge in [0.25, 0.3) is 0 Å². The highest BCUT2D eigenvalue weighted by molar-refractivity contribution is 4.97.